The molecule has 1 heterocycles. The van der Waals surface area contributed by atoms with Gasteiger partial charge in [0.2, 0.25) is 0 Å². The lowest BCUT2D eigenvalue weighted by Gasteiger charge is -2.21. The molecule has 0 radical (unpaired) electrons. The predicted molar refractivity (Wildman–Crippen MR) is 131 cm³/mol. The topological polar surface area (TPSA) is 59.4 Å². The Morgan fingerprint density at radius 3 is 2.42 bits per heavy atom. The molecule has 0 aliphatic heterocycles. The smallest absolute Gasteiger partial charge is 0.298 e. The lowest BCUT2D eigenvalue weighted by molar-refractivity contribution is 0.468. The van der Waals surface area contributed by atoms with E-state index >= 15 is 0 Å². The molecule has 0 amide bonds. The molecule has 0 saturated heterocycles. The van der Waals surface area contributed by atoms with Gasteiger partial charge in [-0.25, -0.2) is 0 Å². The number of amidine groups is 1. The highest BCUT2D eigenvalue weighted by Crippen LogP contribution is 2.35. The average molecular weight is 457 g/mol. The number of aliphatic imine (C=N–C) groups is 1. The summed E-state index contributed by atoms with van der Waals surface area (Å²) < 4.78 is 10.7. The second-order valence-corrected chi connectivity index (χ2v) is 9.59. The maximum atomic E-state index is 6.12. The largest absolute Gasteiger partial charge is 0.430 e. The Morgan fingerprint density at radius 2 is 1.81 bits per heavy atom. The molecule has 0 aliphatic rings. The van der Waals surface area contributed by atoms with Crippen molar-refractivity contribution in [3.8, 4) is 10.9 Å². The number of ether oxygens (including phenoxy) is 1. The molecule has 7 heteroatoms. The van der Waals surface area contributed by atoms with Gasteiger partial charge in [0, 0.05) is 35.2 Å². The van der Waals surface area contributed by atoms with E-state index in [1.807, 2.05) is 37.3 Å². The molecule has 0 unspecified atom stereocenters. The first kappa shape index (κ1) is 23.2. The van der Waals surface area contributed by atoms with Crippen molar-refractivity contribution in [3.63, 3.8) is 0 Å². The van der Waals surface area contributed by atoms with Crippen LogP contribution >= 0.6 is 23.1 Å². The van der Waals surface area contributed by atoms with Crippen molar-refractivity contribution in [2.75, 3.05) is 12.4 Å². The zero-order valence-electron chi connectivity index (χ0n) is 19.1. The fourth-order valence-electron chi connectivity index (χ4n) is 3.23. The van der Waals surface area contributed by atoms with E-state index in [1.54, 1.807) is 7.05 Å². The fourth-order valence-corrected chi connectivity index (χ4v) is 4.04. The predicted octanol–water partition coefficient (Wildman–Crippen LogP) is 7.02. The van der Waals surface area contributed by atoms with Crippen molar-refractivity contribution in [1.29, 1.82) is 0 Å². The van der Waals surface area contributed by atoms with E-state index in [-0.39, 0.29) is 5.41 Å². The molecule has 2 aromatic carbocycles. The summed E-state index contributed by atoms with van der Waals surface area (Å²) in [4.78, 5) is 9.02. The van der Waals surface area contributed by atoms with Crippen molar-refractivity contribution < 1.29 is 4.74 Å². The highest BCUT2D eigenvalue weighted by molar-refractivity contribution is 7.07. The summed E-state index contributed by atoms with van der Waals surface area (Å²) in [5.74, 6) is 2.77. The summed E-state index contributed by atoms with van der Waals surface area (Å²) in [5, 5.41) is 4.67. The number of aromatic nitrogens is 2. The summed E-state index contributed by atoms with van der Waals surface area (Å²) >= 11 is 7.29. The molecule has 0 saturated carbocycles. The minimum atomic E-state index is -0.353. The molecular formula is C24H29ClN4OS. The second-order valence-electron chi connectivity index (χ2n) is 8.44. The summed E-state index contributed by atoms with van der Waals surface area (Å²) in [5.41, 5.74) is 3.87. The van der Waals surface area contributed by atoms with Crippen LogP contribution in [0.3, 0.4) is 0 Å². The lowest BCUT2D eigenvalue weighted by Crippen LogP contribution is -2.20. The summed E-state index contributed by atoms with van der Waals surface area (Å²) in [6.07, 6.45) is 0. The Hall–Kier alpha value is -2.44. The van der Waals surface area contributed by atoms with Crippen LogP contribution in [0, 0.1) is 19.8 Å². The molecule has 0 bridgehead atoms. The first-order valence-electron chi connectivity index (χ1n) is 10.2. The van der Waals surface area contributed by atoms with Gasteiger partial charge in [-0.15, -0.1) is 0 Å². The van der Waals surface area contributed by atoms with Crippen molar-refractivity contribution in [3.05, 3.63) is 63.9 Å². The standard InChI is InChI=1S/C24H29ClN4OS/c1-14(2)21(26-7)27-19-12-16(4)20(13-15(19)3)30-23-28-22(29-31-23)24(5,6)17-8-10-18(25)11-9-17/h8-14H,1-7H3,(H,26,27). The van der Waals surface area contributed by atoms with Crippen LogP contribution in [0.25, 0.3) is 0 Å². The van der Waals surface area contributed by atoms with Gasteiger partial charge in [0.15, 0.2) is 5.82 Å². The second kappa shape index (κ2) is 9.37. The minimum Gasteiger partial charge on any atom is -0.430 e. The van der Waals surface area contributed by atoms with E-state index < -0.39 is 0 Å². The molecule has 0 fully saturated rings. The van der Waals surface area contributed by atoms with Crippen LogP contribution in [0.1, 0.15) is 50.2 Å². The third-order valence-electron chi connectivity index (χ3n) is 5.30. The third kappa shape index (κ3) is 5.25. The molecular weight excluding hydrogens is 428 g/mol. The summed E-state index contributed by atoms with van der Waals surface area (Å²) in [6.45, 7) is 12.5. The Bertz CT molecular complexity index is 1090. The van der Waals surface area contributed by atoms with Crippen molar-refractivity contribution >= 4 is 34.7 Å². The van der Waals surface area contributed by atoms with Gasteiger partial charge in [0.05, 0.1) is 5.41 Å². The van der Waals surface area contributed by atoms with Gasteiger partial charge in [0.25, 0.3) is 5.19 Å². The van der Waals surface area contributed by atoms with E-state index in [1.165, 1.54) is 11.5 Å². The number of benzene rings is 2. The molecule has 1 N–H and O–H groups in total. The summed E-state index contributed by atoms with van der Waals surface area (Å²) in [7, 11) is 1.81. The number of halogens is 1. The van der Waals surface area contributed by atoms with Gasteiger partial charge in [-0.3, -0.25) is 4.99 Å². The summed E-state index contributed by atoms with van der Waals surface area (Å²) in [6, 6.07) is 11.9. The third-order valence-corrected chi connectivity index (χ3v) is 6.15. The normalized spacial score (nSPS) is 12.4. The molecule has 3 aromatic rings. The fraction of sp³-hybridized carbons (Fsp3) is 0.375. The lowest BCUT2D eigenvalue weighted by atomic mass is 9.84. The van der Waals surface area contributed by atoms with E-state index in [4.69, 9.17) is 16.3 Å². The Morgan fingerprint density at radius 1 is 1.13 bits per heavy atom. The quantitative estimate of drug-likeness (QED) is 0.319. The molecule has 31 heavy (non-hydrogen) atoms. The Balaban J connectivity index is 1.82. The van der Waals surface area contributed by atoms with Gasteiger partial charge >= 0.3 is 0 Å². The minimum absolute atomic E-state index is 0.324. The average Bonchev–Trinajstić information content (AvgIpc) is 3.19. The molecule has 5 nitrogen and oxygen atoms in total. The number of aryl methyl sites for hydroxylation is 2. The molecule has 0 spiro atoms. The number of nitrogens with one attached hydrogen (secondary N) is 1. The van der Waals surface area contributed by atoms with E-state index in [0.29, 0.717) is 16.1 Å². The number of hydrogen-bond donors (Lipinski definition) is 1. The highest BCUT2D eigenvalue weighted by Gasteiger charge is 2.28. The molecule has 0 atom stereocenters. The zero-order valence-corrected chi connectivity index (χ0v) is 20.6. The Labute approximate surface area is 193 Å². The molecule has 164 valence electrons. The van der Waals surface area contributed by atoms with Gasteiger partial charge in [-0.2, -0.15) is 9.36 Å². The van der Waals surface area contributed by atoms with Crippen molar-refractivity contribution in [2.24, 2.45) is 10.9 Å². The van der Waals surface area contributed by atoms with E-state index in [2.05, 4.69) is 60.4 Å². The van der Waals surface area contributed by atoms with Gasteiger partial charge in [0.1, 0.15) is 11.6 Å². The Kier molecular flexibility index (Phi) is 7.02. The maximum Gasteiger partial charge on any atom is 0.298 e. The van der Waals surface area contributed by atoms with Crippen LogP contribution in [0.5, 0.6) is 10.9 Å². The highest BCUT2D eigenvalue weighted by atomic mass is 35.5. The molecule has 0 aliphatic carbocycles. The zero-order chi connectivity index (χ0) is 22.8. The first-order valence-corrected chi connectivity index (χ1v) is 11.4. The van der Waals surface area contributed by atoms with E-state index in [0.717, 1.165) is 39.8 Å². The van der Waals surface area contributed by atoms with Crippen LogP contribution in [0.2, 0.25) is 5.02 Å². The monoisotopic (exact) mass is 456 g/mol. The van der Waals surface area contributed by atoms with Crippen LogP contribution in [0.4, 0.5) is 5.69 Å². The molecule has 1 aromatic heterocycles. The van der Waals surface area contributed by atoms with Gasteiger partial charge in [-0.1, -0.05) is 37.6 Å². The number of hydrogen-bond acceptors (Lipinski definition) is 5. The van der Waals surface area contributed by atoms with E-state index in [9.17, 15) is 0 Å². The number of nitrogens with zero attached hydrogens (tertiary/aromatic N) is 3. The number of anilines is 1. The van der Waals surface area contributed by atoms with Crippen LogP contribution in [-0.4, -0.2) is 22.2 Å². The van der Waals surface area contributed by atoms with Crippen molar-refractivity contribution in [1.82, 2.24) is 9.36 Å². The van der Waals surface area contributed by atoms with Crippen LogP contribution < -0.4 is 10.1 Å². The van der Waals surface area contributed by atoms with Crippen LogP contribution in [0.15, 0.2) is 41.4 Å². The first-order chi connectivity index (χ1) is 14.6. The number of rotatable bonds is 6. The van der Waals surface area contributed by atoms with Gasteiger partial charge < -0.3 is 10.1 Å². The maximum absolute atomic E-state index is 6.12. The van der Waals surface area contributed by atoms with Gasteiger partial charge in [-0.05, 0) is 68.7 Å². The SMILES string of the molecule is CN=C(Nc1cc(C)c(Oc2nc(C(C)(C)c3ccc(Cl)cc3)ns2)cc1C)C(C)C. The van der Waals surface area contributed by atoms with Crippen LogP contribution in [-0.2, 0) is 5.41 Å². The molecule has 3 rings (SSSR count). The van der Waals surface area contributed by atoms with Crippen molar-refractivity contribution in [2.45, 2.75) is 47.0 Å².